The molecule has 2 aromatic carbocycles. The van der Waals surface area contributed by atoms with Crippen LogP contribution in [0.5, 0.6) is 0 Å². The van der Waals surface area contributed by atoms with E-state index >= 15 is 0 Å². The van der Waals surface area contributed by atoms with Gasteiger partial charge < -0.3 is 15.1 Å². The molecule has 0 saturated carbocycles. The zero-order chi connectivity index (χ0) is 28.6. The lowest BCUT2D eigenvalue weighted by Gasteiger charge is -2.32. The molecular formula is C33H39N7O. The third-order valence-electron chi connectivity index (χ3n) is 7.58. The van der Waals surface area contributed by atoms with Crippen molar-refractivity contribution in [1.82, 2.24) is 24.8 Å². The number of nitrogens with one attached hydrogen (secondary N) is 1. The highest BCUT2D eigenvalue weighted by Gasteiger charge is 2.19. The Morgan fingerprint density at radius 2 is 1.80 bits per heavy atom. The van der Waals surface area contributed by atoms with Gasteiger partial charge in [-0.05, 0) is 74.0 Å². The van der Waals surface area contributed by atoms with Crippen LogP contribution in [0.15, 0.2) is 79.3 Å². The molecule has 2 aromatic heterocycles. The first-order valence-electron chi connectivity index (χ1n) is 14.4. The lowest BCUT2D eigenvalue weighted by atomic mass is 10.1. The molecule has 1 saturated heterocycles. The summed E-state index contributed by atoms with van der Waals surface area (Å²) in [5.74, 6) is 0.503. The molecule has 3 heterocycles. The molecule has 5 rings (SSSR count). The van der Waals surface area contributed by atoms with E-state index in [2.05, 4.69) is 51.2 Å². The van der Waals surface area contributed by atoms with Crippen molar-refractivity contribution in [2.75, 3.05) is 50.0 Å². The van der Waals surface area contributed by atoms with Crippen LogP contribution in [0.1, 0.15) is 41.3 Å². The van der Waals surface area contributed by atoms with Crippen molar-refractivity contribution in [2.45, 2.75) is 33.2 Å². The highest BCUT2D eigenvalue weighted by atomic mass is 16.2. The van der Waals surface area contributed by atoms with Crippen LogP contribution in [0.4, 0.5) is 17.3 Å². The van der Waals surface area contributed by atoms with Crippen LogP contribution in [0.25, 0.3) is 11.3 Å². The Labute approximate surface area is 243 Å². The van der Waals surface area contributed by atoms with E-state index in [9.17, 15) is 4.79 Å². The second kappa shape index (κ2) is 13.5. The van der Waals surface area contributed by atoms with Gasteiger partial charge >= 0.3 is 0 Å². The average molecular weight is 550 g/mol. The topological polar surface area (TPSA) is 77.5 Å². The number of aromatic nitrogens is 3. The van der Waals surface area contributed by atoms with E-state index in [1.807, 2.05) is 60.4 Å². The third-order valence-corrected chi connectivity index (χ3v) is 7.58. The van der Waals surface area contributed by atoms with Crippen LogP contribution >= 0.6 is 0 Å². The Morgan fingerprint density at radius 3 is 2.54 bits per heavy atom. The van der Waals surface area contributed by atoms with Gasteiger partial charge in [-0.25, -0.2) is 9.97 Å². The van der Waals surface area contributed by atoms with E-state index in [0.717, 1.165) is 73.8 Å². The fourth-order valence-corrected chi connectivity index (χ4v) is 4.96. The normalized spacial score (nSPS) is 14.1. The summed E-state index contributed by atoms with van der Waals surface area (Å²) in [6.07, 6.45) is 7.18. The molecule has 1 aliphatic rings. The first-order chi connectivity index (χ1) is 20.0. The number of rotatable bonds is 10. The Hall–Kier alpha value is -4.14. The zero-order valence-corrected chi connectivity index (χ0v) is 24.3. The van der Waals surface area contributed by atoms with E-state index in [-0.39, 0.29) is 5.91 Å². The largest absolute Gasteiger partial charge is 0.324 e. The maximum atomic E-state index is 13.8. The van der Waals surface area contributed by atoms with Gasteiger partial charge in [0.1, 0.15) is 0 Å². The standard InChI is InChI=1S/C33H39N7O/c1-4-5-17-40(32(41)27-11-9-26(10-12-27)24-39-20-18-38(3)19-21-39)29-13-8-25(2)31(22-29)37-33-35-16-14-30(36-33)28-7-6-15-34-23-28/h6-16,22-23H,4-5,17-21,24H2,1-3H3,(H,35,36,37). The van der Waals surface area contributed by atoms with Crippen LogP contribution < -0.4 is 10.2 Å². The molecule has 1 N–H and O–H groups in total. The lowest BCUT2D eigenvalue weighted by molar-refractivity contribution is 0.0986. The molecule has 0 bridgehead atoms. The van der Waals surface area contributed by atoms with E-state index in [1.165, 1.54) is 5.56 Å². The number of piperazine rings is 1. The molecule has 0 unspecified atom stereocenters. The van der Waals surface area contributed by atoms with Gasteiger partial charge in [0.15, 0.2) is 0 Å². The molecule has 0 atom stereocenters. The molecule has 4 aromatic rings. The predicted molar refractivity (Wildman–Crippen MR) is 166 cm³/mol. The summed E-state index contributed by atoms with van der Waals surface area (Å²) in [5.41, 5.74) is 6.41. The number of hydrogen-bond acceptors (Lipinski definition) is 7. The molecule has 212 valence electrons. The number of pyridine rings is 1. The SMILES string of the molecule is CCCCN(C(=O)c1ccc(CN2CCN(C)CC2)cc1)c1ccc(C)c(Nc2nccc(-c3cccnc3)n2)c1. The minimum absolute atomic E-state index is 0.00854. The van der Waals surface area contributed by atoms with Crippen molar-refractivity contribution in [1.29, 1.82) is 0 Å². The molecule has 0 radical (unpaired) electrons. The molecule has 0 spiro atoms. The van der Waals surface area contributed by atoms with Crippen molar-refractivity contribution in [3.8, 4) is 11.3 Å². The number of unbranched alkanes of at least 4 members (excludes halogenated alkanes) is 1. The second-order valence-corrected chi connectivity index (χ2v) is 10.7. The monoisotopic (exact) mass is 549 g/mol. The Bertz CT molecular complexity index is 1430. The molecule has 1 fully saturated rings. The number of carbonyl (C=O) groups excluding carboxylic acids is 1. The minimum atomic E-state index is 0.00854. The van der Waals surface area contributed by atoms with E-state index in [1.54, 1.807) is 18.6 Å². The quantitative estimate of drug-likeness (QED) is 0.268. The summed E-state index contributed by atoms with van der Waals surface area (Å²) in [6.45, 7) is 10.1. The van der Waals surface area contributed by atoms with Crippen molar-refractivity contribution < 1.29 is 4.79 Å². The van der Waals surface area contributed by atoms with Crippen LogP contribution in [-0.4, -0.2) is 70.4 Å². The molecule has 8 heteroatoms. The fraction of sp³-hybridized carbons (Fsp3) is 0.333. The fourth-order valence-electron chi connectivity index (χ4n) is 4.96. The highest BCUT2D eigenvalue weighted by molar-refractivity contribution is 6.06. The van der Waals surface area contributed by atoms with Gasteiger partial charge in [-0.15, -0.1) is 0 Å². The third kappa shape index (κ3) is 7.34. The molecule has 0 aliphatic carbocycles. The number of amides is 1. The first-order valence-corrected chi connectivity index (χ1v) is 14.4. The number of anilines is 3. The molecule has 8 nitrogen and oxygen atoms in total. The molecule has 1 amide bonds. The Morgan fingerprint density at radius 1 is 1.00 bits per heavy atom. The number of benzene rings is 2. The second-order valence-electron chi connectivity index (χ2n) is 10.7. The molecular weight excluding hydrogens is 510 g/mol. The van der Waals surface area contributed by atoms with E-state index < -0.39 is 0 Å². The van der Waals surface area contributed by atoms with Crippen LogP contribution in [0, 0.1) is 6.92 Å². The van der Waals surface area contributed by atoms with Crippen LogP contribution in [-0.2, 0) is 6.54 Å². The van der Waals surface area contributed by atoms with Crippen LogP contribution in [0.2, 0.25) is 0 Å². The minimum Gasteiger partial charge on any atom is -0.324 e. The summed E-state index contributed by atoms with van der Waals surface area (Å²) in [7, 11) is 2.17. The maximum Gasteiger partial charge on any atom is 0.258 e. The number of carbonyl (C=O) groups is 1. The maximum absolute atomic E-state index is 13.8. The lowest BCUT2D eigenvalue weighted by Crippen LogP contribution is -2.43. The van der Waals surface area contributed by atoms with Crippen LogP contribution in [0.3, 0.4) is 0 Å². The predicted octanol–water partition coefficient (Wildman–Crippen LogP) is 5.78. The van der Waals surface area contributed by atoms with Gasteiger partial charge in [0.25, 0.3) is 5.91 Å². The number of hydrogen-bond donors (Lipinski definition) is 1. The van der Waals surface area contributed by atoms with E-state index in [0.29, 0.717) is 18.1 Å². The van der Waals surface area contributed by atoms with Gasteiger partial charge in [-0.1, -0.05) is 31.5 Å². The summed E-state index contributed by atoms with van der Waals surface area (Å²) in [5, 5.41) is 3.37. The van der Waals surface area contributed by atoms with E-state index in [4.69, 9.17) is 4.98 Å². The Kier molecular flexibility index (Phi) is 9.33. The summed E-state index contributed by atoms with van der Waals surface area (Å²) < 4.78 is 0. The van der Waals surface area contributed by atoms with Gasteiger partial charge in [0.05, 0.1) is 5.69 Å². The average Bonchev–Trinajstić information content (AvgIpc) is 3.01. The smallest absolute Gasteiger partial charge is 0.258 e. The number of nitrogens with zero attached hydrogens (tertiary/aromatic N) is 6. The van der Waals surface area contributed by atoms with Gasteiger partial charge in [0, 0.05) is 80.4 Å². The Balaban J connectivity index is 1.34. The zero-order valence-electron chi connectivity index (χ0n) is 24.3. The summed E-state index contributed by atoms with van der Waals surface area (Å²) in [6, 6.07) is 19.9. The summed E-state index contributed by atoms with van der Waals surface area (Å²) >= 11 is 0. The molecule has 41 heavy (non-hydrogen) atoms. The molecule has 1 aliphatic heterocycles. The van der Waals surface area contributed by atoms with Crippen molar-refractivity contribution >= 4 is 23.2 Å². The van der Waals surface area contributed by atoms with Gasteiger partial charge in [-0.3, -0.25) is 14.7 Å². The van der Waals surface area contributed by atoms with Crippen molar-refractivity contribution in [3.05, 3.63) is 95.9 Å². The van der Waals surface area contributed by atoms with Crippen molar-refractivity contribution in [2.24, 2.45) is 0 Å². The van der Waals surface area contributed by atoms with Gasteiger partial charge in [0.2, 0.25) is 5.95 Å². The summed E-state index contributed by atoms with van der Waals surface area (Å²) in [4.78, 5) is 33.8. The number of likely N-dealkylation sites (N-methyl/N-ethyl adjacent to an activating group) is 1. The van der Waals surface area contributed by atoms with Gasteiger partial charge in [-0.2, -0.15) is 0 Å². The first kappa shape index (κ1) is 28.4. The van der Waals surface area contributed by atoms with Crippen molar-refractivity contribution in [3.63, 3.8) is 0 Å². The highest BCUT2D eigenvalue weighted by Crippen LogP contribution is 2.28. The number of aryl methyl sites for hydroxylation is 1.